The smallest absolute Gasteiger partial charge is 0.267 e. The Morgan fingerprint density at radius 2 is 1.80 bits per heavy atom. The number of rotatable bonds is 10. The molecule has 0 aliphatic carbocycles. The van der Waals surface area contributed by atoms with E-state index in [-0.39, 0.29) is 35.9 Å². The summed E-state index contributed by atoms with van der Waals surface area (Å²) in [4.78, 5) is 36.5. The van der Waals surface area contributed by atoms with Gasteiger partial charge < -0.3 is 23.9 Å². The molecule has 0 aliphatic heterocycles. The number of carbonyl (C=O) groups is 1. The minimum atomic E-state index is -0.766. The molecule has 0 radical (unpaired) electrons. The molecule has 0 saturated carbocycles. The Hall–Kier alpha value is -5.36. The van der Waals surface area contributed by atoms with Crippen molar-refractivity contribution in [3.8, 4) is 27.8 Å². The minimum Gasteiger partial charge on any atom is -0.493 e. The van der Waals surface area contributed by atoms with Gasteiger partial charge in [0.25, 0.3) is 11.5 Å². The number of halogens is 2. The third-order valence-electron chi connectivity index (χ3n) is 6.96. The second kappa shape index (κ2) is 12.7. The highest BCUT2D eigenvalue weighted by atomic mass is 32.1. The highest BCUT2D eigenvalue weighted by Gasteiger charge is 2.21. The largest absolute Gasteiger partial charge is 0.493 e. The van der Waals surface area contributed by atoms with E-state index in [4.69, 9.17) is 9.47 Å². The van der Waals surface area contributed by atoms with Crippen molar-refractivity contribution in [2.24, 2.45) is 0 Å². The fraction of sp³-hybridized carbons (Fsp3) is 0.152. The Morgan fingerprint density at radius 1 is 0.978 bits per heavy atom. The molecule has 6 rings (SSSR count). The molecule has 0 unspecified atom stereocenters. The zero-order valence-electron chi connectivity index (χ0n) is 24.3. The maximum atomic E-state index is 15.3. The highest BCUT2D eigenvalue weighted by Crippen LogP contribution is 2.39. The summed E-state index contributed by atoms with van der Waals surface area (Å²) < 4.78 is 44.2. The van der Waals surface area contributed by atoms with Gasteiger partial charge in [-0.2, -0.15) is 0 Å². The molecule has 0 atom stereocenters. The fourth-order valence-electron chi connectivity index (χ4n) is 4.71. The Labute approximate surface area is 260 Å². The normalized spacial score (nSPS) is 11.1. The van der Waals surface area contributed by atoms with Crippen LogP contribution in [0, 0.1) is 11.6 Å². The number of hydrogen-bond acceptors (Lipinski definition) is 7. The maximum absolute atomic E-state index is 15.3. The quantitative estimate of drug-likeness (QED) is 0.174. The summed E-state index contributed by atoms with van der Waals surface area (Å²) in [7, 11) is 0. The summed E-state index contributed by atoms with van der Waals surface area (Å²) in [5.74, 6) is -1.42. The maximum Gasteiger partial charge on any atom is 0.267 e. The van der Waals surface area contributed by atoms with Crippen LogP contribution in [0.3, 0.4) is 0 Å². The molecule has 0 aliphatic rings. The van der Waals surface area contributed by atoms with Crippen molar-refractivity contribution >= 4 is 33.1 Å². The minimum absolute atomic E-state index is 0.0536. The Kier molecular flexibility index (Phi) is 8.39. The monoisotopic (exact) mass is 627 g/mol. The number of benzene rings is 2. The molecule has 45 heavy (non-hydrogen) atoms. The number of imidazole rings is 1. The van der Waals surface area contributed by atoms with Crippen LogP contribution in [0.2, 0.25) is 0 Å². The average molecular weight is 628 g/mol. The predicted octanol–water partition coefficient (Wildman–Crippen LogP) is 7.11. The third kappa shape index (κ3) is 6.31. The lowest BCUT2D eigenvalue weighted by Gasteiger charge is -2.14. The van der Waals surface area contributed by atoms with Gasteiger partial charge >= 0.3 is 0 Å². The number of anilines is 1. The number of aromatic nitrogens is 4. The molecule has 4 heterocycles. The summed E-state index contributed by atoms with van der Waals surface area (Å²) in [5.41, 5.74) is 1.45. The van der Waals surface area contributed by atoms with Crippen molar-refractivity contribution in [3.63, 3.8) is 0 Å². The molecule has 6 aromatic rings. The Morgan fingerprint density at radius 3 is 2.53 bits per heavy atom. The van der Waals surface area contributed by atoms with Crippen LogP contribution in [0.15, 0.2) is 90.4 Å². The van der Waals surface area contributed by atoms with Gasteiger partial charge in [0.2, 0.25) is 0 Å². The van der Waals surface area contributed by atoms with Crippen LogP contribution in [0.5, 0.6) is 17.2 Å². The SMILES string of the molecule is CCOc1ccn(Cc2ccc(F)cc2)c(=O)c1C(=O)Nc1ccc(Oc2ccnc3cc(-c4cn(CC)cn4)sc23)c(F)c1. The number of amides is 1. The lowest BCUT2D eigenvalue weighted by atomic mass is 10.2. The van der Waals surface area contributed by atoms with E-state index in [1.807, 2.05) is 23.8 Å². The topological polar surface area (TPSA) is 100 Å². The van der Waals surface area contributed by atoms with Crippen molar-refractivity contribution < 1.29 is 23.0 Å². The summed E-state index contributed by atoms with van der Waals surface area (Å²) in [6, 6.07) is 14.8. The molecule has 9 nitrogen and oxygen atoms in total. The number of nitrogens with one attached hydrogen (secondary N) is 1. The first kappa shape index (κ1) is 29.7. The van der Waals surface area contributed by atoms with E-state index in [0.29, 0.717) is 16.8 Å². The zero-order chi connectivity index (χ0) is 31.5. The van der Waals surface area contributed by atoms with Crippen LogP contribution >= 0.6 is 11.3 Å². The van der Waals surface area contributed by atoms with Crippen LogP contribution in [0.4, 0.5) is 14.5 Å². The molecule has 12 heteroatoms. The van der Waals surface area contributed by atoms with Gasteiger partial charge in [0.05, 0.1) is 40.3 Å². The molecule has 0 fully saturated rings. The van der Waals surface area contributed by atoms with E-state index in [1.54, 1.807) is 37.6 Å². The number of carbonyl (C=O) groups excluding carboxylic acids is 1. The van der Waals surface area contributed by atoms with E-state index in [9.17, 15) is 14.0 Å². The van der Waals surface area contributed by atoms with Crippen LogP contribution in [-0.4, -0.2) is 31.6 Å². The Balaban J connectivity index is 1.23. The Bertz CT molecular complexity index is 2070. The predicted molar refractivity (Wildman–Crippen MR) is 168 cm³/mol. The van der Waals surface area contributed by atoms with Crippen molar-refractivity contribution in [1.29, 1.82) is 0 Å². The van der Waals surface area contributed by atoms with E-state index in [0.717, 1.165) is 27.9 Å². The van der Waals surface area contributed by atoms with Crippen molar-refractivity contribution in [3.05, 3.63) is 119 Å². The highest BCUT2D eigenvalue weighted by molar-refractivity contribution is 7.22. The van der Waals surface area contributed by atoms with Crippen molar-refractivity contribution in [1.82, 2.24) is 19.1 Å². The van der Waals surface area contributed by atoms with Crippen LogP contribution in [0.25, 0.3) is 20.8 Å². The number of fused-ring (bicyclic) bond motifs is 1. The molecule has 0 saturated heterocycles. The molecule has 1 amide bonds. The first-order valence-electron chi connectivity index (χ1n) is 14.1. The number of thiophene rings is 1. The fourth-order valence-corrected chi connectivity index (χ4v) is 5.74. The summed E-state index contributed by atoms with van der Waals surface area (Å²) in [5, 5.41) is 2.59. The second-order valence-electron chi connectivity index (χ2n) is 9.97. The first-order valence-corrected chi connectivity index (χ1v) is 14.9. The summed E-state index contributed by atoms with van der Waals surface area (Å²) >= 11 is 1.44. The van der Waals surface area contributed by atoms with Gasteiger partial charge in [0.1, 0.15) is 22.9 Å². The summed E-state index contributed by atoms with van der Waals surface area (Å²) in [6.45, 7) is 4.89. The van der Waals surface area contributed by atoms with Gasteiger partial charge in [0.15, 0.2) is 11.6 Å². The van der Waals surface area contributed by atoms with Crippen LogP contribution in [0.1, 0.15) is 29.8 Å². The number of hydrogen-bond donors (Lipinski definition) is 1. The van der Waals surface area contributed by atoms with E-state index >= 15 is 4.39 Å². The van der Waals surface area contributed by atoms with Crippen LogP contribution < -0.4 is 20.3 Å². The van der Waals surface area contributed by atoms with Gasteiger partial charge in [-0.15, -0.1) is 11.3 Å². The van der Waals surface area contributed by atoms with Gasteiger partial charge in [-0.1, -0.05) is 12.1 Å². The van der Waals surface area contributed by atoms with E-state index in [2.05, 4.69) is 15.3 Å². The molecule has 228 valence electrons. The molecule has 0 bridgehead atoms. The molecule has 1 N–H and O–H groups in total. The molecule has 4 aromatic heterocycles. The number of ether oxygens (including phenoxy) is 2. The van der Waals surface area contributed by atoms with E-state index < -0.39 is 23.1 Å². The second-order valence-corrected chi connectivity index (χ2v) is 11.0. The van der Waals surface area contributed by atoms with Gasteiger partial charge in [0, 0.05) is 43.0 Å². The van der Waals surface area contributed by atoms with Crippen molar-refractivity contribution in [2.75, 3.05) is 11.9 Å². The molecular weight excluding hydrogens is 600 g/mol. The number of nitrogens with zero attached hydrogens (tertiary/aromatic N) is 4. The molecular formula is C33H27F2N5O4S. The van der Waals surface area contributed by atoms with Crippen molar-refractivity contribution in [2.45, 2.75) is 26.9 Å². The van der Waals surface area contributed by atoms with Gasteiger partial charge in [-0.3, -0.25) is 14.6 Å². The van der Waals surface area contributed by atoms with E-state index in [1.165, 1.54) is 52.4 Å². The summed E-state index contributed by atoms with van der Waals surface area (Å²) in [6.07, 6.45) is 6.80. The standard InChI is InChI=1S/C33H27F2N5O4S/c1-3-39-18-25(37-19-39)29-16-24-31(45-29)28(11-13-36-24)44-26-10-9-22(15-23(26)35)38-32(41)30-27(43-4-2)12-14-40(33(30)42)17-20-5-7-21(34)8-6-20/h5-16,18-19H,3-4,17H2,1-2H3,(H,38,41). The zero-order valence-corrected chi connectivity index (χ0v) is 25.1. The third-order valence-corrected chi connectivity index (χ3v) is 8.12. The van der Waals surface area contributed by atoms with Gasteiger partial charge in [-0.25, -0.2) is 13.8 Å². The lowest BCUT2D eigenvalue weighted by Crippen LogP contribution is -2.30. The molecule has 0 spiro atoms. The van der Waals surface area contributed by atoms with Crippen LogP contribution in [-0.2, 0) is 13.1 Å². The average Bonchev–Trinajstić information content (AvgIpc) is 3.69. The number of aryl methyl sites for hydroxylation is 1. The molecule has 2 aromatic carbocycles. The van der Waals surface area contributed by atoms with Gasteiger partial charge in [-0.05, 0) is 55.8 Å². The first-order chi connectivity index (χ1) is 21.8. The number of pyridine rings is 2. The lowest BCUT2D eigenvalue weighted by molar-refractivity contribution is 0.102.